The lowest BCUT2D eigenvalue weighted by atomic mass is 10.1. The summed E-state index contributed by atoms with van der Waals surface area (Å²) in [7, 11) is 1.69. The quantitative estimate of drug-likeness (QED) is 0.756. The Bertz CT molecular complexity index is 502. The highest BCUT2D eigenvalue weighted by atomic mass is 32.1. The Labute approximate surface area is 105 Å². The first-order valence-electron chi connectivity index (χ1n) is 5.48. The fourth-order valence-corrected chi connectivity index (χ4v) is 2.52. The molecular weight excluding hydrogens is 232 g/mol. The minimum atomic E-state index is 0.792. The van der Waals surface area contributed by atoms with E-state index in [9.17, 15) is 4.79 Å². The topological polar surface area (TPSA) is 26.3 Å². The van der Waals surface area contributed by atoms with Gasteiger partial charge in [0.05, 0.1) is 12.0 Å². The van der Waals surface area contributed by atoms with E-state index < -0.39 is 0 Å². The molecule has 0 bridgehead atoms. The molecule has 3 heteroatoms. The van der Waals surface area contributed by atoms with Crippen LogP contribution < -0.4 is 4.74 Å². The third-order valence-electron chi connectivity index (χ3n) is 2.67. The van der Waals surface area contributed by atoms with Gasteiger partial charge in [0.25, 0.3) is 0 Å². The first kappa shape index (κ1) is 11.9. The zero-order valence-electron chi connectivity index (χ0n) is 9.68. The number of aryl methyl sites for hydroxylation is 2. The number of carbonyl (C=O) groups is 1. The fraction of sp³-hybridized carbons (Fsp3) is 0.214. The van der Waals surface area contributed by atoms with Crippen LogP contribution in [0.5, 0.6) is 5.75 Å². The maximum Gasteiger partial charge on any atom is 0.160 e. The van der Waals surface area contributed by atoms with Crippen molar-refractivity contribution in [3.05, 3.63) is 51.7 Å². The summed E-state index contributed by atoms with van der Waals surface area (Å²) in [5.74, 6) is 0.929. The third kappa shape index (κ3) is 2.94. The van der Waals surface area contributed by atoms with Crippen LogP contribution in [0, 0.1) is 0 Å². The van der Waals surface area contributed by atoms with Crippen molar-refractivity contribution >= 4 is 17.6 Å². The average molecular weight is 246 g/mol. The van der Waals surface area contributed by atoms with Gasteiger partial charge in [0.15, 0.2) is 6.29 Å². The molecule has 0 radical (unpaired) electrons. The summed E-state index contributed by atoms with van der Waals surface area (Å²) in [6, 6.07) is 9.98. The number of rotatable bonds is 5. The Kier molecular flexibility index (Phi) is 3.94. The molecule has 2 nitrogen and oxygen atoms in total. The van der Waals surface area contributed by atoms with Crippen molar-refractivity contribution in [1.29, 1.82) is 0 Å². The lowest BCUT2D eigenvalue weighted by Gasteiger charge is -2.06. The van der Waals surface area contributed by atoms with Crippen molar-refractivity contribution in [2.75, 3.05) is 7.11 Å². The van der Waals surface area contributed by atoms with Gasteiger partial charge in [0.2, 0.25) is 0 Å². The molecule has 0 atom stereocenters. The number of hydrogen-bond donors (Lipinski definition) is 0. The minimum Gasteiger partial charge on any atom is -0.496 e. The Morgan fingerprint density at radius 3 is 2.82 bits per heavy atom. The molecule has 2 rings (SSSR count). The van der Waals surface area contributed by atoms with Crippen LogP contribution in [-0.4, -0.2) is 13.4 Å². The molecular formula is C14H14O2S. The second-order valence-corrected chi connectivity index (χ2v) is 4.73. The Hall–Kier alpha value is -1.61. The summed E-state index contributed by atoms with van der Waals surface area (Å²) >= 11 is 1.50. The van der Waals surface area contributed by atoms with Crippen molar-refractivity contribution in [3.63, 3.8) is 0 Å². The van der Waals surface area contributed by atoms with Gasteiger partial charge in [-0.05, 0) is 41.5 Å². The number of thiophene rings is 1. The first-order chi connectivity index (χ1) is 8.33. The van der Waals surface area contributed by atoms with E-state index in [-0.39, 0.29) is 0 Å². The standard InChI is InChI=1S/C14H14O2S/c1-16-14-5-3-2-4-12(14)7-6-11-8-13(9-15)17-10-11/h2-5,8-10H,6-7H2,1H3. The molecule has 0 aliphatic rings. The maximum atomic E-state index is 10.6. The molecule has 1 aromatic carbocycles. The number of methoxy groups -OCH3 is 1. The third-order valence-corrected chi connectivity index (χ3v) is 3.57. The summed E-state index contributed by atoms with van der Waals surface area (Å²) in [6.45, 7) is 0. The molecule has 88 valence electrons. The number of benzene rings is 1. The lowest BCUT2D eigenvalue weighted by Crippen LogP contribution is -1.94. The zero-order valence-corrected chi connectivity index (χ0v) is 10.5. The average Bonchev–Trinajstić information content (AvgIpc) is 2.84. The fourth-order valence-electron chi connectivity index (χ4n) is 1.78. The van der Waals surface area contributed by atoms with Gasteiger partial charge < -0.3 is 4.74 Å². The van der Waals surface area contributed by atoms with Crippen LogP contribution in [0.25, 0.3) is 0 Å². The molecule has 2 aromatic rings. The normalized spacial score (nSPS) is 10.2. The van der Waals surface area contributed by atoms with E-state index in [4.69, 9.17) is 4.74 Å². The summed E-state index contributed by atoms with van der Waals surface area (Å²) in [5.41, 5.74) is 2.41. The van der Waals surface area contributed by atoms with Crippen LogP contribution in [-0.2, 0) is 12.8 Å². The van der Waals surface area contributed by atoms with Gasteiger partial charge in [-0.25, -0.2) is 0 Å². The molecule has 0 saturated heterocycles. The van der Waals surface area contributed by atoms with Gasteiger partial charge in [-0.1, -0.05) is 18.2 Å². The van der Waals surface area contributed by atoms with Gasteiger partial charge in [-0.2, -0.15) is 0 Å². The van der Waals surface area contributed by atoms with Gasteiger partial charge >= 0.3 is 0 Å². The Balaban J connectivity index is 2.04. The summed E-state index contributed by atoms with van der Waals surface area (Å²) in [6.07, 6.45) is 2.76. The monoisotopic (exact) mass is 246 g/mol. The van der Waals surface area contributed by atoms with E-state index in [0.717, 1.165) is 29.8 Å². The van der Waals surface area contributed by atoms with Crippen molar-refractivity contribution in [3.8, 4) is 5.75 Å². The van der Waals surface area contributed by atoms with E-state index in [1.807, 2.05) is 29.6 Å². The smallest absolute Gasteiger partial charge is 0.160 e. The molecule has 0 amide bonds. The van der Waals surface area contributed by atoms with E-state index in [1.165, 1.54) is 22.5 Å². The highest BCUT2D eigenvalue weighted by Crippen LogP contribution is 2.21. The Morgan fingerprint density at radius 2 is 2.12 bits per heavy atom. The highest BCUT2D eigenvalue weighted by Gasteiger charge is 2.03. The molecule has 0 unspecified atom stereocenters. The SMILES string of the molecule is COc1ccccc1CCc1csc(C=O)c1. The van der Waals surface area contributed by atoms with Crippen molar-refractivity contribution in [2.24, 2.45) is 0 Å². The predicted octanol–water partition coefficient (Wildman–Crippen LogP) is 3.35. The van der Waals surface area contributed by atoms with Crippen LogP contribution in [0.4, 0.5) is 0 Å². The number of ether oxygens (including phenoxy) is 1. The predicted molar refractivity (Wildman–Crippen MR) is 70.1 cm³/mol. The van der Waals surface area contributed by atoms with Crippen molar-refractivity contribution in [1.82, 2.24) is 0 Å². The zero-order chi connectivity index (χ0) is 12.1. The second-order valence-electron chi connectivity index (χ2n) is 3.79. The van der Waals surface area contributed by atoms with E-state index >= 15 is 0 Å². The van der Waals surface area contributed by atoms with Crippen molar-refractivity contribution < 1.29 is 9.53 Å². The van der Waals surface area contributed by atoms with E-state index in [0.29, 0.717) is 0 Å². The molecule has 0 fully saturated rings. The van der Waals surface area contributed by atoms with Gasteiger partial charge in [0, 0.05) is 0 Å². The molecule has 0 aliphatic carbocycles. The van der Waals surface area contributed by atoms with Crippen molar-refractivity contribution in [2.45, 2.75) is 12.8 Å². The van der Waals surface area contributed by atoms with Gasteiger partial charge in [-0.15, -0.1) is 11.3 Å². The maximum absolute atomic E-state index is 10.6. The number of aldehydes is 1. The van der Waals surface area contributed by atoms with Crippen LogP contribution in [0.1, 0.15) is 20.8 Å². The van der Waals surface area contributed by atoms with Crippen LogP contribution >= 0.6 is 11.3 Å². The molecule has 0 spiro atoms. The molecule has 0 saturated carbocycles. The van der Waals surface area contributed by atoms with E-state index in [1.54, 1.807) is 7.11 Å². The van der Waals surface area contributed by atoms with Crippen LogP contribution in [0.3, 0.4) is 0 Å². The number of para-hydroxylation sites is 1. The van der Waals surface area contributed by atoms with Gasteiger partial charge in [0.1, 0.15) is 5.75 Å². The summed E-state index contributed by atoms with van der Waals surface area (Å²) in [4.78, 5) is 11.4. The summed E-state index contributed by atoms with van der Waals surface area (Å²) < 4.78 is 5.31. The van der Waals surface area contributed by atoms with E-state index in [2.05, 4.69) is 6.07 Å². The Morgan fingerprint density at radius 1 is 1.29 bits per heavy atom. The molecule has 0 aliphatic heterocycles. The molecule has 1 heterocycles. The highest BCUT2D eigenvalue weighted by molar-refractivity contribution is 7.11. The number of carbonyl (C=O) groups excluding carboxylic acids is 1. The number of hydrogen-bond acceptors (Lipinski definition) is 3. The molecule has 0 N–H and O–H groups in total. The van der Waals surface area contributed by atoms with Crippen LogP contribution in [0.15, 0.2) is 35.7 Å². The molecule has 1 aromatic heterocycles. The molecule has 17 heavy (non-hydrogen) atoms. The largest absolute Gasteiger partial charge is 0.496 e. The van der Waals surface area contributed by atoms with Crippen LogP contribution in [0.2, 0.25) is 0 Å². The lowest BCUT2D eigenvalue weighted by molar-refractivity contribution is 0.112. The first-order valence-corrected chi connectivity index (χ1v) is 6.36. The second kappa shape index (κ2) is 5.64. The minimum absolute atomic E-state index is 0.792. The van der Waals surface area contributed by atoms with Gasteiger partial charge in [-0.3, -0.25) is 4.79 Å². The summed E-state index contributed by atoms with van der Waals surface area (Å²) in [5, 5.41) is 2.04.